The molecule has 0 bridgehead atoms. The maximum absolute atomic E-state index is 12.8. The molecule has 162 valence electrons. The summed E-state index contributed by atoms with van der Waals surface area (Å²) < 4.78 is 64.8. The summed E-state index contributed by atoms with van der Waals surface area (Å²) in [5.41, 5.74) is -0.100. The van der Waals surface area contributed by atoms with Crippen molar-refractivity contribution < 1.29 is 31.2 Å². The molecule has 30 heavy (non-hydrogen) atoms. The third kappa shape index (κ3) is 6.29. The second-order valence-corrected chi connectivity index (χ2v) is 8.20. The Kier molecular flexibility index (Phi) is 7.21. The summed E-state index contributed by atoms with van der Waals surface area (Å²) in [6.45, 7) is 0.932. The Morgan fingerprint density at radius 2 is 1.73 bits per heavy atom. The van der Waals surface area contributed by atoms with Crippen LogP contribution in [-0.4, -0.2) is 38.7 Å². The van der Waals surface area contributed by atoms with Crippen molar-refractivity contribution in [3.63, 3.8) is 0 Å². The van der Waals surface area contributed by atoms with Gasteiger partial charge in [0.05, 0.1) is 17.0 Å². The first-order chi connectivity index (χ1) is 13.9. The zero-order chi connectivity index (χ0) is 22.5. The summed E-state index contributed by atoms with van der Waals surface area (Å²) in [7, 11) is -2.75. The first-order valence-corrected chi connectivity index (χ1v) is 10.1. The molecular weight excluding hydrogens is 423 g/mol. The lowest BCUT2D eigenvalue weighted by Gasteiger charge is -2.18. The molecule has 2 amide bonds. The van der Waals surface area contributed by atoms with Gasteiger partial charge in [0.15, 0.2) is 0 Å². The van der Waals surface area contributed by atoms with Crippen LogP contribution in [0.3, 0.4) is 0 Å². The van der Waals surface area contributed by atoms with Crippen molar-refractivity contribution in [2.45, 2.75) is 24.5 Å². The molecule has 0 aliphatic heterocycles. The zero-order valence-electron chi connectivity index (χ0n) is 16.2. The van der Waals surface area contributed by atoms with Crippen LogP contribution in [0.5, 0.6) is 0 Å². The van der Waals surface area contributed by atoms with Gasteiger partial charge in [-0.25, -0.2) is 13.1 Å². The first kappa shape index (κ1) is 23.4. The maximum atomic E-state index is 12.8. The van der Waals surface area contributed by atoms with Gasteiger partial charge >= 0.3 is 6.18 Å². The minimum absolute atomic E-state index is 0.176. The zero-order valence-corrected chi connectivity index (χ0v) is 17.0. The molecule has 0 saturated heterocycles. The van der Waals surface area contributed by atoms with Crippen molar-refractivity contribution in [3.05, 3.63) is 59.7 Å². The number of nitrogens with one attached hydrogen (secondary N) is 2. The Bertz CT molecular complexity index is 1040. The molecule has 2 N–H and O–H groups in total. The van der Waals surface area contributed by atoms with E-state index in [9.17, 15) is 31.2 Å². The molecule has 0 unspecified atom stereocenters. The largest absolute Gasteiger partial charge is 0.416 e. The highest BCUT2D eigenvalue weighted by Gasteiger charge is 2.31. The molecule has 0 aromatic heterocycles. The number of benzene rings is 2. The molecule has 0 saturated carbocycles. The number of carbonyl (C=O) groups is 2. The lowest BCUT2D eigenvalue weighted by Crippen LogP contribution is -2.33. The predicted octanol–water partition coefficient (Wildman–Crippen LogP) is 2.60. The van der Waals surface area contributed by atoms with E-state index in [1.165, 1.54) is 11.8 Å². The summed E-state index contributed by atoms with van der Waals surface area (Å²) in [6.07, 6.45) is -4.69. The molecule has 0 radical (unpaired) electrons. The normalized spacial score (nSPS) is 11.8. The van der Waals surface area contributed by atoms with Crippen LogP contribution in [0, 0.1) is 0 Å². The fourth-order valence-electron chi connectivity index (χ4n) is 2.42. The van der Waals surface area contributed by atoms with Gasteiger partial charge in [-0.1, -0.05) is 24.3 Å². The number of para-hydroxylation sites is 1. The van der Waals surface area contributed by atoms with Gasteiger partial charge < -0.3 is 10.2 Å². The highest BCUT2D eigenvalue weighted by molar-refractivity contribution is 7.89. The lowest BCUT2D eigenvalue weighted by atomic mass is 10.1. The van der Waals surface area contributed by atoms with Crippen molar-refractivity contribution >= 4 is 27.5 Å². The second-order valence-electron chi connectivity index (χ2n) is 6.43. The predicted molar refractivity (Wildman–Crippen MR) is 104 cm³/mol. The topological polar surface area (TPSA) is 95.6 Å². The van der Waals surface area contributed by atoms with Crippen molar-refractivity contribution in [1.29, 1.82) is 0 Å². The van der Waals surface area contributed by atoms with Gasteiger partial charge in [0.25, 0.3) is 0 Å². The molecule has 2 aromatic rings. The number of rotatable bonds is 7. The van der Waals surface area contributed by atoms with E-state index >= 15 is 0 Å². The number of anilines is 1. The molecule has 0 fully saturated rings. The monoisotopic (exact) mass is 443 g/mol. The van der Waals surface area contributed by atoms with Crippen molar-refractivity contribution in [1.82, 2.24) is 9.62 Å². The van der Waals surface area contributed by atoms with E-state index in [1.807, 2.05) is 4.72 Å². The average molecular weight is 443 g/mol. The van der Waals surface area contributed by atoms with E-state index < -0.39 is 39.1 Å². The fourth-order valence-corrected chi connectivity index (χ4v) is 3.45. The average Bonchev–Trinajstić information content (AvgIpc) is 2.67. The molecule has 0 spiro atoms. The molecule has 7 nitrogen and oxygen atoms in total. The summed E-state index contributed by atoms with van der Waals surface area (Å²) in [4.78, 5) is 24.4. The Morgan fingerprint density at radius 1 is 1.07 bits per heavy atom. The Balaban J connectivity index is 2.07. The maximum Gasteiger partial charge on any atom is 0.416 e. The van der Waals surface area contributed by atoms with Gasteiger partial charge in [-0.05, 0) is 29.8 Å². The third-order valence-electron chi connectivity index (χ3n) is 4.13. The molecule has 0 aliphatic rings. The van der Waals surface area contributed by atoms with Gasteiger partial charge in [0, 0.05) is 26.2 Å². The van der Waals surface area contributed by atoms with Gasteiger partial charge in [-0.3, -0.25) is 9.59 Å². The summed E-state index contributed by atoms with van der Waals surface area (Å²) in [6, 6.07) is 9.87. The Labute approximate surface area is 171 Å². The van der Waals surface area contributed by atoms with Gasteiger partial charge in [0.1, 0.15) is 0 Å². The number of hydrogen-bond donors (Lipinski definition) is 2. The minimum Gasteiger partial charge on any atom is -0.342 e. The van der Waals surface area contributed by atoms with Crippen LogP contribution in [0.4, 0.5) is 18.9 Å². The van der Waals surface area contributed by atoms with E-state index in [0.29, 0.717) is 17.3 Å². The van der Waals surface area contributed by atoms with Crippen molar-refractivity contribution in [2.24, 2.45) is 0 Å². The number of nitrogens with zero attached hydrogens (tertiary/aromatic N) is 1. The number of alkyl halides is 3. The molecule has 2 aromatic carbocycles. The van der Waals surface area contributed by atoms with Crippen molar-refractivity contribution in [3.8, 4) is 0 Å². The molecule has 2 rings (SSSR count). The minimum atomic E-state index is -4.69. The SMILES string of the molecule is CC(=O)N(C)Cc1ccccc1NC(=O)CNS(=O)(=O)c1cccc(C(F)(F)F)c1. The number of hydrogen-bond acceptors (Lipinski definition) is 4. The van der Waals surface area contributed by atoms with E-state index in [4.69, 9.17) is 0 Å². The highest BCUT2D eigenvalue weighted by Crippen LogP contribution is 2.30. The molecule has 0 heterocycles. The van der Waals surface area contributed by atoms with E-state index in [2.05, 4.69) is 5.32 Å². The van der Waals surface area contributed by atoms with Crippen LogP contribution in [-0.2, 0) is 32.3 Å². The van der Waals surface area contributed by atoms with Gasteiger partial charge in [-0.2, -0.15) is 13.2 Å². The van der Waals surface area contributed by atoms with Crippen LogP contribution in [0.2, 0.25) is 0 Å². The molecule has 0 atom stereocenters. The highest BCUT2D eigenvalue weighted by atomic mass is 32.2. The fraction of sp³-hybridized carbons (Fsp3) is 0.263. The standard InChI is InChI=1S/C19H20F3N3O4S/c1-13(26)25(2)12-14-6-3-4-9-17(14)24-18(27)11-23-30(28,29)16-8-5-7-15(10-16)19(20,21)22/h3-10,23H,11-12H2,1-2H3,(H,24,27). The van der Waals surface area contributed by atoms with Crippen LogP contribution in [0.1, 0.15) is 18.1 Å². The third-order valence-corrected chi connectivity index (χ3v) is 5.53. The molecule has 0 aliphatic carbocycles. The Morgan fingerprint density at radius 3 is 2.37 bits per heavy atom. The molecular formula is C19H20F3N3O4S. The summed E-state index contributed by atoms with van der Waals surface area (Å²) in [5.74, 6) is -0.895. The van der Waals surface area contributed by atoms with Crippen LogP contribution in [0.15, 0.2) is 53.4 Å². The van der Waals surface area contributed by atoms with Crippen LogP contribution >= 0.6 is 0 Å². The quantitative estimate of drug-likeness (QED) is 0.688. The number of halogens is 3. The molecule has 11 heteroatoms. The van der Waals surface area contributed by atoms with E-state index in [0.717, 1.165) is 18.2 Å². The number of carbonyl (C=O) groups excluding carboxylic acids is 2. The summed E-state index contributed by atoms with van der Waals surface area (Å²) >= 11 is 0. The Hall–Kier alpha value is -2.92. The summed E-state index contributed by atoms with van der Waals surface area (Å²) in [5, 5.41) is 2.53. The van der Waals surface area contributed by atoms with E-state index in [1.54, 1.807) is 31.3 Å². The number of sulfonamides is 1. The second kappa shape index (κ2) is 9.26. The van der Waals surface area contributed by atoms with Gasteiger partial charge in [-0.15, -0.1) is 0 Å². The van der Waals surface area contributed by atoms with Crippen molar-refractivity contribution in [2.75, 3.05) is 18.9 Å². The first-order valence-electron chi connectivity index (χ1n) is 8.66. The number of amides is 2. The van der Waals surface area contributed by atoms with Gasteiger partial charge in [0.2, 0.25) is 21.8 Å². The smallest absolute Gasteiger partial charge is 0.342 e. The van der Waals surface area contributed by atoms with Crippen LogP contribution < -0.4 is 10.0 Å². The van der Waals surface area contributed by atoms with Crippen LogP contribution in [0.25, 0.3) is 0 Å². The lowest BCUT2D eigenvalue weighted by molar-refractivity contribution is -0.137. The van der Waals surface area contributed by atoms with E-state index in [-0.39, 0.29) is 12.5 Å².